The van der Waals surface area contributed by atoms with Crippen molar-refractivity contribution in [3.05, 3.63) is 0 Å². The number of alkyl carbamates (subject to hydrolysis) is 1. The Kier molecular flexibility index (Phi) is 6.83. The molecule has 6 heteroatoms. The molecule has 0 saturated heterocycles. The van der Waals surface area contributed by atoms with E-state index in [1.54, 1.807) is 20.8 Å². The van der Waals surface area contributed by atoms with Gasteiger partial charge in [-0.05, 0) is 26.7 Å². The Morgan fingerprint density at radius 1 is 1.26 bits per heavy atom. The van der Waals surface area contributed by atoms with Gasteiger partial charge in [-0.15, -0.1) is 0 Å². The first kappa shape index (κ1) is 17.7. The molecule has 0 aliphatic rings. The molecular weight excluding hydrogens is 250 g/mol. The quantitative estimate of drug-likeness (QED) is 0.774. The number of aliphatic carboxylic acids is 1. The monoisotopic (exact) mass is 275 g/mol. The van der Waals surface area contributed by atoms with Crippen molar-refractivity contribution in [2.24, 2.45) is 5.92 Å². The van der Waals surface area contributed by atoms with Crippen LogP contribution in [0.3, 0.4) is 0 Å². The standard InChI is InChI=1S/C13H25NO5/c1-8(2)11(18-6)9(7-10(15)16)14-12(17)19-13(3,4)5/h8-9,11H,7H2,1-6H3,(H,14,17)(H,15,16). The smallest absolute Gasteiger partial charge is 0.407 e. The Balaban J connectivity index is 4.76. The lowest BCUT2D eigenvalue weighted by molar-refractivity contribution is -0.138. The van der Waals surface area contributed by atoms with Crippen LogP contribution in [0.5, 0.6) is 0 Å². The van der Waals surface area contributed by atoms with Gasteiger partial charge >= 0.3 is 12.1 Å². The van der Waals surface area contributed by atoms with Gasteiger partial charge in [0.15, 0.2) is 0 Å². The number of hydrogen-bond acceptors (Lipinski definition) is 4. The topological polar surface area (TPSA) is 84.9 Å². The third kappa shape index (κ3) is 7.66. The zero-order chi connectivity index (χ0) is 15.2. The predicted octanol–water partition coefficient (Wildman–Crippen LogP) is 2.03. The van der Waals surface area contributed by atoms with Crippen LogP contribution in [0.4, 0.5) is 4.79 Å². The first-order valence-electron chi connectivity index (χ1n) is 6.31. The highest BCUT2D eigenvalue weighted by molar-refractivity contribution is 5.71. The maximum atomic E-state index is 11.7. The molecule has 19 heavy (non-hydrogen) atoms. The molecule has 0 bridgehead atoms. The summed E-state index contributed by atoms with van der Waals surface area (Å²) < 4.78 is 10.4. The number of methoxy groups -OCH3 is 1. The molecule has 2 unspecified atom stereocenters. The third-order valence-electron chi connectivity index (χ3n) is 2.42. The molecule has 2 N–H and O–H groups in total. The molecule has 0 fully saturated rings. The summed E-state index contributed by atoms with van der Waals surface area (Å²) in [7, 11) is 1.50. The molecule has 6 nitrogen and oxygen atoms in total. The van der Waals surface area contributed by atoms with E-state index in [0.717, 1.165) is 0 Å². The van der Waals surface area contributed by atoms with Gasteiger partial charge in [0, 0.05) is 7.11 Å². The van der Waals surface area contributed by atoms with E-state index in [1.165, 1.54) is 7.11 Å². The normalized spacial score (nSPS) is 14.9. The molecule has 0 aliphatic carbocycles. The molecule has 0 radical (unpaired) electrons. The number of carboxylic acids is 1. The number of nitrogens with one attached hydrogen (secondary N) is 1. The second-order valence-electron chi connectivity index (χ2n) is 5.79. The second kappa shape index (κ2) is 7.33. The zero-order valence-corrected chi connectivity index (χ0v) is 12.5. The van der Waals surface area contributed by atoms with Crippen molar-refractivity contribution in [1.29, 1.82) is 0 Å². The molecule has 0 heterocycles. The molecular formula is C13H25NO5. The lowest BCUT2D eigenvalue weighted by Gasteiger charge is -2.29. The Morgan fingerprint density at radius 2 is 1.79 bits per heavy atom. The SMILES string of the molecule is COC(C(C)C)C(CC(=O)O)NC(=O)OC(C)(C)C. The molecule has 0 aliphatic heterocycles. The number of rotatable bonds is 6. The first-order chi connectivity index (χ1) is 8.56. The summed E-state index contributed by atoms with van der Waals surface area (Å²) in [5.41, 5.74) is -0.627. The summed E-state index contributed by atoms with van der Waals surface area (Å²) in [5, 5.41) is 11.5. The van der Waals surface area contributed by atoms with Crippen LogP contribution in [0, 0.1) is 5.92 Å². The van der Waals surface area contributed by atoms with Crippen molar-refractivity contribution in [2.75, 3.05) is 7.11 Å². The summed E-state index contributed by atoms with van der Waals surface area (Å²) in [4.78, 5) is 22.6. The Morgan fingerprint density at radius 3 is 2.11 bits per heavy atom. The van der Waals surface area contributed by atoms with Gasteiger partial charge in [0.1, 0.15) is 5.60 Å². The van der Waals surface area contributed by atoms with E-state index < -0.39 is 23.7 Å². The average Bonchev–Trinajstić information content (AvgIpc) is 2.12. The number of hydrogen-bond donors (Lipinski definition) is 2. The van der Waals surface area contributed by atoms with Gasteiger partial charge < -0.3 is 19.9 Å². The fourth-order valence-corrected chi connectivity index (χ4v) is 1.80. The lowest BCUT2D eigenvalue weighted by Crippen LogP contribution is -2.49. The molecule has 0 aromatic heterocycles. The minimum absolute atomic E-state index is 0.0734. The van der Waals surface area contributed by atoms with Crippen LogP contribution in [-0.4, -0.2) is 42.0 Å². The summed E-state index contributed by atoms with van der Waals surface area (Å²) in [6.45, 7) is 9.04. The van der Waals surface area contributed by atoms with Gasteiger partial charge in [0.2, 0.25) is 0 Å². The molecule has 0 rings (SSSR count). The van der Waals surface area contributed by atoms with Crippen molar-refractivity contribution < 1.29 is 24.2 Å². The second-order valence-corrected chi connectivity index (χ2v) is 5.79. The van der Waals surface area contributed by atoms with Crippen LogP contribution in [0.15, 0.2) is 0 Å². The van der Waals surface area contributed by atoms with Crippen LogP contribution in [0.25, 0.3) is 0 Å². The van der Waals surface area contributed by atoms with E-state index in [1.807, 2.05) is 13.8 Å². The van der Waals surface area contributed by atoms with Crippen molar-refractivity contribution in [2.45, 2.75) is 58.8 Å². The molecule has 0 saturated carbocycles. The number of ether oxygens (including phenoxy) is 2. The largest absolute Gasteiger partial charge is 0.481 e. The van der Waals surface area contributed by atoms with Crippen LogP contribution in [-0.2, 0) is 14.3 Å². The van der Waals surface area contributed by atoms with E-state index in [2.05, 4.69) is 5.32 Å². The minimum atomic E-state index is -0.997. The molecule has 112 valence electrons. The Labute approximate surface area is 114 Å². The summed E-state index contributed by atoms with van der Waals surface area (Å²) >= 11 is 0. The van der Waals surface area contributed by atoms with Gasteiger partial charge in [-0.3, -0.25) is 4.79 Å². The summed E-state index contributed by atoms with van der Waals surface area (Å²) in [6, 6.07) is -0.627. The highest BCUT2D eigenvalue weighted by Gasteiger charge is 2.29. The first-order valence-corrected chi connectivity index (χ1v) is 6.31. The fraction of sp³-hybridized carbons (Fsp3) is 0.846. The van der Waals surface area contributed by atoms with E-state index in [-0.39, 0.29) is 18.4 Å². The maximum absolute atomic E-state index is 11.7. The molecule has 0 aromatic carbocycles. The minimum Gasteiger partial charge on any atom is -0.481 e. The van der Waals surface area contributed by atoms with Crippen LogP contribution < -0.4 is 5.32 Å². The van der Waals surface area contributed by atoms with Crippen molar-refractivity contribution in [1.82, 2.24) is 5.32 Å². The van der Waals surface area contributed by atoms with E-state index >= 15 is 0 Å². The van der Waals surface area contributed by atoms with Crippen molar-refractivity contribution in [3.63, 3.8) is 0 Å². The maximum Gasteiger partial charge on any atom is 0.407 e. The van der Waals surface area contributed by atoms with Gasteiger partial charge in [-0.25, -0.2) is 4.79 Å². The van der Waals surface area contributed by atoms with E-state index in [9.17, 15) is 9.59 Å². The summed E-state index contributed by atoms with van der Waals surface area (Å²) in [5.74, 6) is -0.923. The van der Waals surface area contributed by atoms with Gasteiger partial charge in [0.25, 0.3) is 0 Å². The number of carbonyl (C=O) groups excluding carboxylic acids is 1. The number of amides is 1. The van der Waals surface area contributed by atoms with E-state index in [0.29, 0.717) is 0 Å². The Bertz CT molecular complexity index is 309. The zero-order valence-electron chi connectivity index (χ0n) is 12.5. The molecule has 2 atom stereocenters. The highest BCUT2D eigenvalue weighted by atomic mass is 16.6. The fourth-order valence-electron chi connectivity index (χ4n) is 1.80. The molecule has 0 spiro atoms. The predicted molar refractivity (Wildman–Crippen MR) is 71.0 cm³/mol. The molecule has 1 amide bonds. The lowest BCUT2D eigenvalue weighted by atomic mass is 9.97. The van der Waals surface area contributed by atoms with Gasteiger partial charge in [-0.1, -0.05) is 13.8 Å². The molecule has 0 aromatic rings. The third-order valence-corrected chi connectivity index (χ3v) is 2.42. The summed E-state index contributed by atoms with van der Waals surface area (Å²) in [6.07, 6.45) is -1.24. The Hall–Kier alpha value is -1.30. The van der Waals surface area contributed by atoms with Gasteiger partial charge in [0.05, 0.1) is 18.6 Å². The number of carboxylic acid groups (broad SMARTS) is 1. The number of carbonyl (C=O) groups is 2. The van der Waals surface area contributed by atoms with Crippen molar-refractivity contribution in [3.8, 4) is 0 Å². The van der Waals surface area contributed by atoms with Gasteiger partial charge in [-0.2, -0.15) is 0 Å². The van der Waals surface area contributed by atoms with Crippen molar-refractivity contribution >= 4 is 12.1 Å². The average molecular weight is 275 g/mol. The highest BCUT2D eigenvalue weighted by Crippen LogP contribution is 2.15. The van der Waals surface area contributed by atoms with Crippen LogP contribution in [0.2, 0.25) is 0 Å². The van der Waals surface area contributed by atoms with E-state index in [4.69, 9.17) is 14.6 Å². The van der Waals surface area contributed by atoms with Crippen LogP contribution in [0.1, 0.15) is 41.0 Å². The van der Waals surface area contributed by atoms with Crippen LogP contribution >= 0.6 is 0 Å².